The highest BCUT2D eigenvalue weighted by Crippen LogP contribution is 2.22. The van der Waals surface area contributed by atoms with Gasteiger partial charge in [0.05, 0.1) is 24.1 Å². The Kier molecular flexibility index (Phi) is 3.97. The molecule has 0 aliphatic heterocycles. The van der Waals surface area contributed by atoms with E-state index in [1.54, 1.807) is 13.0 Å². The van der Waals surface area contributed by atoms with Gasteiger partial charge in [-0.15, -0.1) is 0 Å². The van der Waals surface area contributed by atoms with E-state index in [9.17, 15) is 14.4 Å². The minimum atomic E-state index is -0.698. The quantitative estimate of drug-likeness (QED) is 0.452. The van der Waals surface area contributed by atoms with E-state index in [0.717, 1.165) is 10.8 Å². The Bertz CT molecular complexity index is 1000. The van der Waals surface area contributed by atoms with Crippen molar-refractivity contribution in [3.8, 4) is 0 Å². The number of aromatic nitrogens is 2. The third kappa shape index (κ3) is 2.75. The summed E-state index contributed by atoms with van der Waals surface area (Å²) in [6.07, 6.45) is 0.0372. The number of esters is 1. The van der Waals surface area contributed by atoms with Gasteiger partial charge in [0, 0.05) is 11.9 Å². The third-order valence-electron chi connectivity index (χ3n) is 3.70. The first kappa shape index (κ1) is 15.0. The first-order valence-electron chi connectivity index (χ1n) is 7.42. The lowest BCUT2D eigenvalue weighted by atomic mass is 10.1. The lowest BCUT2D eigenvalue weighted by Gasteiger charge is -2.11. The van der Waals surface area contributed by atoms with Crippen molar-refractivity contribution < 1.29 is 9.53 Å². The summed E-state index contributed by atoms with van der Waals surface area (Å²) in [5.41, 5.74) is -0.177. The van der Waals surface area contributed by atoms with Gasteiger partial charge in [0.25, 0.3) is 0 Å². The van der Waals surface area contributed by atoms with Crippen molar-refractivity contribution in [2.24, 2.45) is 0 Å². The number of nitrogens with one attached hydrogen (secondary N) is 1. The van der Waals surface area contributed by atoms with Crippen LogP contribution in [-0.4, -0.2) is 22.1 Å². The fraction of sp³-hybridized carbons (Fsp3) is 0.235. The first-order valence-corrected chi connectivity index (χ1v) is 7.42. The van der Waals surface area contributed by atoms with Crippen LogP contribution in [0.15, 0.2) is 46.0 Å². The normalized spacial score (nSPS) is 11.0. The molecule has 3 rings (SSSR count). The van der Waals surface area contributed by atoms with Crippen LogP contribution in [0.5, 0.6) is 0 Å². The van der Waals surface area contributed by atoms with Crippen molar-refractivity contribution in [3.63, 3.8) is 0 Å². The molecule has 0 atom stereocenters. The van der Waals surface area contributed by atoms with Gasteiger partial charge in [-0.3, -0.25) is 14.4 Å². The number of carbonyl (C=O) groups is 1. The molecule has 1 aromatic heterocycles. The highest BCUT2D eigenvalue weighted by atomic mass is 16.5. The molecule has 0 unspecified atom stereocenters. The van der Waals surface area contributed by atoms with Crippen molar-refractivity contribution in [1.29, 1.82) is 0 Å². The van der Waals surface area contributed by atoms with Gasteiger partial charge in [0.15, 0.2) is 0 Å². The molecular formula is C17H16N2O4. The van der Waals surface area contributed by atoms with E-state index < -0.39 is 17.1 Å². The largest absolute Gasteiger partial charge is 0.466 e. The second-order valence-electron chi connectivity index (χ2n) is 5.15. The van der Waals surface area contributed by atoms with E-state index in [2.05, 4.69) is 4.98 Å². The second-order valence-corrected chi connectivity index (χ2v) is 5.15. The smallest absolute Gasteiger partial charge is 0.316 e. The van der Waals surface area contributed by atoms with Crippen LogP contribution in [0.2, 0.25) is 0 Å². The van der Waals surface area contributed by atoms with Gasteiger partial charge in [0.2, 0.25) is 0 Å². The van der Waals surface area contributed by atoms with Crippen LogP contribution in [0.4, 0.5) is 0 Å². The van der Waals surface area contributed by atoms with Gasteiger partial charge in [-0.25, -0.2) is 0 Å². The zero-order valence-electron chi connectivity index (χ0n) is 12.7. The predicted octanol–water partition coefficient (Wildman–Crippen LogP) is 1.80. The molecule has 0 amide bonds. The monoisotopic (exact) mass is 312 g/mol. The number of fused-ring (bicyclic) bond motifs is 3. The van der Waals surface area contributed by atoms with Crippen molar-refractivity contribution in [1.82, 2.24) is 9.55 Å². The maximum atomic E-state index is 12.3. The van der Waals surface area contributed by atoms with Crippen molar-refractivity contribution in [2.75, 3.05) is 6.61 Å². The van der Waals surface area contributed by atoms with Gasteiger partial charge in [-0.1, -0.05) is 30.3 Å². The molecule has 1 N–H and O–H groups in total. The molecule has 118 valence electrons. The molecule has 0 aliphatic carbocycles. The standard InChI is InChI=1S/C17H16N2O4/c1-2-23-14(20)9-10-19-15-12-6-4-3-5-11(12)7-8-13(15)18-16(21)17(19)22/h3-8H,2,9-10H2,1H3,(H,18,21). The Balaban J connectivity index is 2.23. The van der Waals surface area contributed by atoms with Crippen molar-refractivity contribution in [2.45, 2.75) is 19.9 Å². The van der Waals surface area contributed by atoms with E-state index >= 15 is 0 Å². The van der Waals surface area contributed by atoms with Crippen LogP contribution < -0.4 is 11.1 Å². The van der Waals surface area contributed by atoms with Crippen LogP contribution in [0.3, 0.4) is 0 Å². The van der Waals surface area contributed by atoms with Gasteiger partial charge in [-0.05, 0) is 18.4 Å². The minimum absolute atomic E-state index is 0.0372. The molecule has 1 heterocycles. The average Bonchev–Trinajstić information content (AvgIpc) is 2.55. The third-order valence-corrected chi connectivity index (χ3v) is 3.70. The molecule has 2 aromatic carbocycles. The highest BCUT2D eigenvalue weighted by Gasteiger charge is 2.12. The zero-order chi connectivity index (χ0) is 16.4. The fourth-order valence-corrected chi connectivity index (χ4v) is 2.70. The number of ether oxygens (including phenoxy) is 1. The SMILES string of the molecule is CCOC(=O)CCn1c(=O)c(=O)[nH]c2ccc3ccccc3c21. The molecule has 0 aliphatic rings. The molecular weight excluding hydrogens is 296 g/mol. The maximum Gasteiger partial charge on any atom is 0.316 e. The fourth-order valence-electron chi connectivity index (χ4n) is 2.70. The van der Waals surface area contributed by atoms with Crippen molar-refractivity contribution in [3.05, 3.63) is 57.1 Å². The summed E-state index contributed by atoms with van der Waals surface area (Å²) in [6, 6.07) is 11.2. The Morgan fingerprint density at radius 3 is 2.74 bits per heavy atom. The van der Waals surface area contributed by atoms with Crippen LogP contribution in [-0.2, 0) is 16.1 Å². The summed E-state index contributed by atoms with van der Waals surface area (Å²) in [4.78, 5) is 38.3. The number of hydrogen-bond acceptors (Lipinski definition) is 4. The van der Waals surface area contributed by atoms with E-state index in [1.165, 1.54) is 4.57 Å². The van der Waals surface area contributed by atoms with Crippen molar-refractivity contribution >= 4 is 27.8 Å². The average molecular weight is 312 g/mol. The molecule has 0 fully saturated rings. The van der Waals surface area contributed by atoms with Gasteiger partial charge >= 0.3 is 17.1 Å². The Hall–Kier alpha value is -2.89. The number of H-pyrrole nitrogens is 1. The van der Waals surface area contributed by atoms with Gasteiger partial charge in [0.1, 0.15) is 0 Å². The zero-order valence-corrected chi connectivity index (χ0v) is 12.7. The number of carbonyl (C=O) groups excluding carboxylic acids is 1. The Morgan fingerprint density at radius 2 is 1.96 bits per heavy atom. The molecule has 0 spiro atoms. The maximum absolute atomic E-state index is 12.3. The Labute approximate surface area is 131 Å². The lowest BCUT2D eigenvalue weighted by Crippen LogP contribution is -2.36. The van der Waals surface area contributed by atoms with Crippen LogP contribution in [0, 0.1) is 0 Å². The first-order chi connectivity index (χ1) is 11.1. The molecule has 0 saturated heterocycles. The van der Waals surface area contributed by atoms with E-state index in [1.807, 2.05) is 30.3 Å². The number of benzene rings is 2. The molecule has 23 heavy (non-hydrogen) atoms. The molecule has 0 radical (unpaired) electrons. The highest BCUT2D eigenvalue weighted by molar-refractivity contribution is 6.04. The molecule has 6 nitrogen and oxygen atoms in total. The topological polar surface area (TPSA) is 81.2 Å². The summed E-state index contributed by atoms with van der Waals surface area (Å²) in [6.45, 7) is 2.11. The summed E-state index contributed by atoms with van der Waals surface area (Å²) in [5.74, 6) is -0.395. The number of nitrogens with zero attached hydrogens (tertiary/aromatic N) is 1. The van der Waals surface area contributed by atoms with E-state index in [4.69, 9.17) is 4.74 Å². The number of aryl methyl sites for hydroxylation is 1. The number of aromatic amines is 1. The number of hydrogen-bond donors (Lipinski definition) is 1. The lowest BCUT2D eigenvalue weighted by molar-refractivity contribution is -0.143. The molecule has 3 aromatic rings. The summed E-state index contributed by atoms with van der Waals surface area (Å²) >= 11 is 0. The van der Waals surface area contributed by atoms with E-state index in [-0.39, 0.29) is 19.6 Å². The molecule has 0 saturated carbocycles. The molecule has 0 bridgehead atoms. The van der Waals surface area contributed by atoms with Gasteiger partial charge in [-0.2, -0.15) is 0 Å². The molecule has 6 heteroatoms. The second kappa shape index (κ2) is 6.08. The van der Waals surface area contributed by atoms with Crippen LogP contribution in [0.25, 0.3) is 21.8 Å². The Morgan fingerprint density at radius 1 is 1.17 bits per heavy atom. The van der Waals surface area contributed by atoms with E-state index in [0.29, 0.717) is 11.0 Å². The predicted molar refractivity (Wildman–Crippen MR) is 87.6 cm³/mol. The summed E-state index contributed by atoms with van der Waals surface area (Å²) < 4.78 is 6.25. The summed E-state index contributed by atoms with van der Waals surface area (Å²) in [7, 11) is 0. The summed E-state index contributed by atoms with van der Waals surface area (Å²) in [5, 5.41) is 1.80. The number of rotatable bonds is 4. The van der Waals surface area contributed by atoms with Crippen LogP contribution >= 0.6 is 0 Å². The minimum Gasteiger partial charge on any atom is -0.466 e. The van der Waals surface area contributed by atoms with Gasteiger partial charge < -0.3 is 14.3 Å². The van der Waals surface area contributed by atoms with Crippen LogP contribution in [0.1, 0.15) is 13.3 Å².